The van der Waals surface area contributed by atoms with E-state index in [4.69, 9.17) is 10.5 Å². The van der Waals surface area contributed by atoms with Crippen molar-refractivity contribution in [1.29, 1.82) is 0 Å². The van der Waals surface area contributed by atoms with E-state index in [0.717, 1.165) is 37.4 Å². The van der Waals surface area contributed by atoms with Crippen LogP contribution in [0.25, 0.3) is 0 Å². The first-order valence-corrected chi connectivity index (χ1v) is 8.34. The number of anilines is 1. The Hall–Kier alpha value is -1.22. The molecule has 0 aromatic heterocycles. The molecule has 0 saturated heterocycles. The zero-order valence-electron chi connectivity index (χ0n) is 13.9. The Balaban J connectivity index is 2.23. The Morgan fingerprint density at radius 2 is 1.81 bits per heavy atom. The third-order valence-electron chi connectivity index (χ3n) is 3.46. The zero-order valence-corrected chi connectivity index (χ0v) is 13.9. The number of benzene rings is 1. The number of unbranched alkanes of at least 4 members (excludes halogenated alkanes) is 3. The highest BCUT2D eigenvalue weighted by atomic mass is 16.5. The monoisotopic (exact) mass is 292 g/mol. The largest absolute Gasteiger partial charge is 0.494 e. The smallest absolute Gasteiger partial charge is 0.119 e. The van der Waals surface area contributed by atoms with E-state index in [9.17, 15) is 0 Å². The number of nitrogens with one attached hydrogen (secondary N) is 1. The van der Waals surface area contributed by atoms with Crippen molar-refractivity contribution < 1.29 is 4.74 Å². The molecule has 0 amide bonds. The van der Waals surface area contributed by atoms with E-state index in [1.807, 2.05) is 12.1 Å². The molecular formula is C18H32N2O. The molecule has 0 aliphatic carbocycles. The molecule has 3 nitrogen and oxygen atoms in total. The van der Waals surface area contributed by atoms with Crippen molar-refractivity contribution in [3.8, 4) is 5.75 Å². The van der Waals surface area contributed by atoms with E-state index in [2.05, 4.69) is 38.2 Å². The molecule has 1 unspecified atom stereocenters. The number of rotatable bonds is 11. The fourth-order valence-electron chi connectivity index (χ4n) is 2.33. The van der Waals surface area contributed by atoms with Crippen LogP contribution in [0.4, 0.5) is 5.69 Å². The molecule has 0 bridgehead atoms. The second kappa shape index (κ2) is 10.5. The predicted octanol–water partition coefficient (Wildman–Crippen LogP) is 4.43. The molecule has 1 rings (SSSR count). The van der Waals surface area contributed by atoms with Crippen molar-refractivity contribution in [3.63, 3.8) is 0 Å². The number of nitrogens with two attached hydrogens (primary N) is 1. The van der Waals surface area contributed by atoms with E-state index in [1.165, 1.54) is 19.3 Å². The molecule has 0 aliphatic rings. The molecule has 3 heteroatoms. The van der Waals surface area contributed by atoms with Crippen molar-refractivity contribution >= 4 is 5.69 Å². The molecule has 1 atom stereocenters. The summed E-state index contributed by atoms with van der Waals surface area (Å²) >= 11 is 0. The summed E-state index contributed by atoms with van der Waals surface area (Å²) in [6.45, 7) is 8.25. The molecular weight excluding hydrogens is 260 g/mol. The van der Waals surface area contributed by atoms with Gasteiger partial charge in [0.2, 0.25) is 0 Å². The van der Waals surface area contributed by atoms with Crippen molar-refractivity contribution in [2.45, 2.75) is 58.9 Å². The molecule has 1 aromatic rings. The van der Waals surface area contributed by atoms with Gasteiger partial charge in [-0.2, -0.15) is 0 Å². The fraction of sp³-hybridized carbons (Fsp3) is 0.667. The lowest BCUT2D eigenvalue weighted by Crippen LogP contribution is -2.30. The third kappa shape index (κ3) is 8.61. The third-order valence-corrected chi connectivity index (χ3v) is 3.46. The van der Waals surface area contributed by atoms with Gasteiger partial charge in [-0.3, -0.25) is 0 Å². The molecule has 0 radical (unpaired) electrons. The van der Waals surface area contributed by atoms with Crippen molar-refractivity contribution in [2.24, 2.45) is 11.7 Å². The molecule has 1 aromatic carbocycles. The fourth-order valence-corrected chi connectivity index (χ4v) is 2.33. The van der Waals surface area contributed by atoms with Crippen LogP contribution < -0.4 is 15.8 Å². The van der Waals surface area contributed by atoms with Crippen LogP contribution in [0.1, 0.15) is 52.9 Å². The maximum atomic E-state index is 6.07. The van der Waals surface area contributed by atoms with Gasteiger partial charge >= 0.3 is 0 Å². The average Bonchev–Trinajstić information content (AvgIpc) is 2.45. The maximum Gasteiger partial charge on any atom is 0.119 e. The lowest BCUT2D eigenvalue weighted by Gasteiger charge is -2.15. The molecule has 21 heavy (non-hydrogen) atoms. The van der Waals surface area contributed by atoms with Crippen LogP contribution in [0.2, 0.25) is 0 Å². The average molecular weight is 292 g/mol. The molecule has 0 heterocycles. The second-order valence-electron chi connectivity index (χ2n) is 6.20. The van der Waals surface area contributed by atoms with Crippen LogP contribution in [0.15, 0.2) is 24.3 Å². The molecule has 0 aliphatic heterocycles. The first-order valence-electron chi connectivity index (χ1n) is 8.34. The molecule has 3 N–H and O–H groups in total. The molecule has 120 valence electrons. The van der Waals surface area contributed by atoms with E-state index in [1.54, 1.807) is 0 Å². The van der Waals surface area contributed by atoms with E-state index in [-0.39, 0.29) is 6.04 Å². The quantitative estimate of drug-likeness (QED) is 0.593. The second-order valence-corrected chi connectivity index (χ2v) is 6.20. The minimum Gasteiger partial charge on any atom is -0.494 e. The molecule has 0 spiro atoms. The van der Waals surface area contributed by atoms with Gasteiger partial charge in [0.15, 0.2) is 0 Å². The summed E-state index contributed by atoms with van der Waals surface area (Å²) in [7, 11) is 0. The Morgan fingerprint density at radius 3 is 2.43 bits per heavy atom. The minimum atomic E-state index is 0.208. The normalized spacial score (nSPS) is 12.4. The number of hydrogen-bond donors (Lipinski definition) is 2. The standard InChI is InChI=1S/C18H32N2O/c1-4-5-6-7-12-21-18-10-8-17(9-11-18)20-14-16(19)13-15(2)3/h8-11,15-16,20H,4-7,12-14,19H2,1-3H3. The van der Waals surface area contributed by atoms with E-state index >= 15 is 0 Å². The highest BCUT2D eigenvalue weighted by Crippen LogP contribution is 2.16. The Morgan fingerprint density at radius 1 is 1.10 bits per heavy atom. The van der Waals surface area contributed by atoms with E-state index in [0.29, 0.717) is 5.92 Å². The van der Waals surface area contributed by atoms with Gasteiger partial charge in [-0.05, 0) is 43.0 Å². The van der Waals surface area contributed by atoms with Crippen LogP contribution in [-0.4, -0.2) is 19.2 Å². The topological polar surface area (TPSA) is 47.3 Å². The van der Waals surface area contributed by atoms with Gasteiger partial charge < -0.3 is 15.8 Å². The Bertz CT molecular complexity index is 362. The first kappa shape index (κ1) is 17.8. The molecule has 0 fully saturated rings. The lowest BCUT2D eigenvalue weighted by atomic mass is 10.0. The number of hydrogen-bond acceptors (Lipinski definition) is 3. The van der Waals surface area contributed by atoms with Crippen molar-refractivity contribution in [1.82, 2.24) is 0 Å². The summed E-state index contributed by atoms with van der Waals surface area (Å²) in [5.74, 6) is 1.59. The summed E-state index contributed by atoms with van der Waals surface area (Å²) < 4.78 is 5.73. The van der Waals surface area contributed by atoms with E-state index < -0.39 is 0 Å². The summed E-state index contributed by atoms with van der Waals surface area (Å²) in [6, 6.07) is 8.37. The van der Waals surface area contributed by atoms with Gasteiger partial charge in [-0.15, -0.1) is 0 Å². The van der Waals surface area contributed by atoms with Crippen LogP contribution in [-0.2, 0) is 0 Å². The molecule has 0 saturated carbocycles. The summed E-state index contributed by atoms with van der Waals surface area (Å²) in [4.78, 5) is 0. The van der Waals surface area contributed by atoms with Gasteiger partial charge in [0.1, 0.15) is 5.75 Å². The first-order chi connectivity index (χ1) is 10.1. The minimum absolute atomic E-state index is 0.208. The highest BCUT2D eigenvalue weighted by molar-refractivity contribution is 5.46. The predicted molar refractivity (Wildman–Crippen MR) is 92.0 cm³/mol. The van der Waals surface area contributed by atoms with Gasteiger partial charge in [0.25, 0.3) is 0 Å². The van der Waals surface area contributed by atoms with Gasteiger partial charge in [-0.1, -0.05) is 40.0 Å². The maximum absolute atomic E-state index is 6.07. The van der Waals surface area contributed by atoms with Crippen LogP contribution in [0.5, 0.6) is 5.75 Å². The SMILES string of the molecule is CCCCCCOc1ccc(NCC(N)CC(C)C)cc1. The highest BCUT2D eigenvalue weighted by Gasteiger charge is 2.05. The lowest BCUT2D eigenvalue weighted by molar-refractivity contribution is 0.305. The van der Waals surface area contributed by atoms with Crippen LogP contribution >= 0.6 is 0 Å². The van der Waals surface area contributed by atoms with Gasteiger partial charge in [0.05, 0.1) is 6.61 Å². The Kier molecular flexibility index (Phi) is 8.91. The van der Waals surface area contributed by atoms with Crippen LogP contribution in [0, 0.1) is 5.92 Å². The van der Waals surface area contributed by atoms with Gasteiger partial charge in [-0.25, -0.2) is 0 Å². The van der Waals surface area contributed by atoms with Gasteiger partial charge in [0, 0.05) is 18.3 Å². The summed E-state index contributed by atoms with van der Waals surface area (Å²) in [6.07, 6.45) is 6.00. The Labute approximate surface area is 130 Å². The zero-order chi connectivity index (χ0) is 15.5. The van der Waals surface area contributed by atoms with Crippen LogP contribution in [0.3, 0.4) is 0 Å². The summed E-state index contributed by atoms with van der Waals surface area (Å²) in [5, 5.41) is 3.38. The van der Waals surface area contributed by atoms with Crippen molar-refractivity contribution in [2.75, 3.05) is 18.5 Å². The number of ether oxygens (including phenoxy) is 1. The summed E-state index contributed by atoms with van der Waals surface area (Å²) in [5.41, 5.74) is 7.18. The van der Waals surface area contributed by atoms with Crippen molar-refractivity contribution in [3.05, 3.63) is 24.3 Å².